The van der Waals surface area contributed by atoms with Gasteiger partial charge >= 0.3 is 24.2 Å². The molecule has 0 saturated carbocycles. The lowest BCUT2D eigenvalue weighted by Gasteiger charge is -2.37. The van der Waals surface area contributed by atoms with E-state index in [0.717, 1.165) is 65.1 Å². The lowest BCUT2D eigenvalue weighted by Crippen LogP contribution is -2.43. The number of likely N-dealkylation sites (tertiary alicyclic amines) is 2. The largest absolute Gasteiger partial charge is 0.482 e. The van der Waals surface area contributed by atoms with E-state index in [0.29, 0.717) is 126 Å². The summed E-state index contributed by atoms with van der Waals surface area (Å²) < 4.78 is 172. The third-order valence-corrected chi connectivity index (χ3v) is 24.5. The first-order valence-electron chi connectivity index (χ1n) is 37.3. The van der Waals surface area contributed by atoms with E-state index in [1.54, 1.807) is 98.4 Å². The molecular weight excluding hydrogens is 1520 g/mol. The first-order chi connectivity index (χ1) is 52.9. The normalized spacial score (nSPS) is 19.7. The first kappa shape index (κ1) is 85.0. The molecule has 3 saturated heterocycles. The molecular formula is C81H94F6N8O14S3. The highest BCUT2D eigenvalue weighted by molar-refractivity contribution is 7.91. The molecule has 31 heteroatoms. The third kappa shape index (κ3) is 19.3. The lowest BCUT2D eigenvalue weighted by atomic mass is 9.84. The van der Waals surface area contributed by atoms with E-state index >= 15 is 0 Å². The maximum absolute atomic E-state index is 13.1. The highest BCUT2D eigenvalue weighted by atomic mass is 32.2. The summed E-state index contributed by atoms with van der Waals surface area (Å²) in [6, 6.07) is 35.2. The number of carbonyl (C=O) groups excluding carboxylic acids is 5. The molecule has 0 radical (unpaired) electrons. The number of fused-ring (bicyclic) bond motifs is 3. The number of alkyl halides is 6. The summed E-state index contributed by atoms with van der Waals surface area (Å²) in [5.74, 6) is 2.68. The number of hydrazine groups is 1. The number of carbonyl (C=O) groups is 5. The highest BCUT2D eigenvalue weighted by Gasteiger charge is 2.48. The highest BCUT2D eigenvalue weighted by Crippen LogP contribution is 2.48. The van der Waals surface area contributed by atoms with Crippen LogP contribution in [0.1, 0.15) is 164 Å². The third-order valence-electron chi connectivity index (χ3n) is 21.1. The van der Waals surface area contributed by atoms with Gasteiger partial charge in [-0.15, -0.1) is 0 Å². The predicted molar refractivity (Wildman–Crippen MR) is 412 cm³/mol. The van der Waals surface area contributed by atoms with E-state index in [1.807, 2.05) is 71.9 Å². The second-order valence-electron chi connectivity index (χ2n) is 28.4. The van der Waals surface area contributed by atoms with Crippen molar-refractivity contribution < 1.29 is 89.8 Å². The number of hydrogen-bond acceptors (Lipinski definition) is 16. The molecule has 3 fully saturated rings. The van der Waals surface area contributed by atoms with E-state index < -0.39 is 70.7 Å². The summed E-state index contributed by atoms with van der Waals surface area (Å²) in [4.78, 5) is 71.0. The Kier molecular flexibility index (Phi) is 26.2. The lowest BCUT2D eigenvalue weighted by molar-refractivity contribution is -0.185. The van der Waals surface area contributed by atoms with Crippen molar-refractivity contribution in [2.45, 2.75) is 143 Å². The Morgan fingerprint density at radius 2 is 0.732 bits per heavy atom. The van der Waals surface area contributed by atoms with Gasteiger partial charge in [0.25, 0.3) is 27.7 Å². The Hall–Kier alpha value is -9.40. The van der Waals surface area contributed by atoms with Crippen molar-refractivity contribution in [3.63, 3.8) is 0 Å². The maximum Gasteiger partial charge on any atom is 0.471 e. The van der Waals surface area contributed by atoms with E-state index in [2.05, 4.69) is 11.4 Å². The van der Waals surface area contributed by atoms with Crippen molar-refractivity contribution in [1.29, 1.82) is 0 Å². The van der Waals surface area contributed by atoms with Gasteiger partial charge in [0.05, 0.1) is 14.7 Å². The number of rotatable bonds is 16. The van der Waals surface area contributed by atoms with Crippen LogP contribution in [0.2, 0.25) is 0 Å². The Bertz CT molecular complexity index is 4960. The predicted octanol–water partition coefficient (Wildman–Crippen LogP) is 12.1. The molecule has 0 aromatic heterocycles. The molecule has 6 aromatic rings. The van der Waals surface area contributed by atoms with Crippen LogP contribution in [-0.2, 0) is 39.3 Å². The topological polar surface area (TPSA) is 282 Å². The van der Waals surface area contributed by atoms with Gasteiger partial charge < -0.3 is 44.0 Å². The summed E-state index contributed by atoms with van der Waals surface area (Å²) in [5.41, 5.74) is 5.39. The molecule has 3 atom stereocenters. The number of hydrogen-bond donors (Lipinski definition) is 3. The van der Waals surface area contributed by atoms with Crippen LogP contribution in [0.15, 0.2) is 160 Å². The van der Waals surface area contributed by atoms with Gasteiger partial charge in [0, 0.05) is 131 Å². The zero-order valence-electron chi connectivity index (χ0n) is 63.7. The van der Waals surface area contributed by atoms with Crippen LogP contribution in [0.3, 0.4) is 0 Å². The molecule has 6 aliphatic rings. The number of nitrogens with one attached hydrogen (secondary N) is 2. The summed E-state index contributed by atoms with van der Waals surface area (Å²) in [6.45, 7) is 16.5. The van der Waals surface area contributed by atoms with Crippen molar-refractivity contribution in [1.82, 2.24) is 34.6 Å². The number of ether oxygens (including phenoxy) is 3. The van der Waals surface area contributed by atoms with E-state index in [-0.39, 0.29) is 77.8 Å². The number of sulfonamides is 1. The molecule has 3 spiro atoms. The molecule has 4 N–H and O–H groups in total. The van der Waals surface area contributed by atoms with Crippen LogP contribution in [-0.4, -0.2) is 199 Å². The number of nitrogens with zero attached hydrogens (tertiary/aromatic N) is 5. The molecule has 602 valence electrons. The second-order valence-corrected chi connectivity index (χ2v) is 34.1. The summed E-state index contributed by atoms with van der Waals surface area (Å²) in [7, 11) is -10.9. The Morgan fingerprint density at radius 1 is 0.429 bits per heavy atom. The number of amides is 5. The van der Waals surface area contributed by atoms with E-state index in [9.17, 15) is 75.6 Å². The van der Waals surface area contributed by atoms with Crippen molar-refractivity contribution in [2.75, 3.05) is 91.0 Å². The standard InChI is InChI=1S/C28H31F3N2O5S.C27H31F3N4O5S.C26H32N2O4S/c1-4-32(5-2)25(34)20-9-7-19(8-10-20)23-18-27(13-6-15-33(16-14-27)26(35)28(29,30)31)38-24-12-11-21(17-22(23)24)39(3,36)37;1-3-33(4-2)24(35)19-8-6-18(7-9-19)22-17-26(12-5-14-34(15-13-26)25(36)27(28,29)30)39-23-11-10-20(16-21(22)23)40(37,38)32-31;1-4-28(5-2)25(29)20-9-7-19(8-10-20)23-18-26(13-6-15-27-16-14-26)32-24-12-11-21(17-22(23)24)33(3,30)31/h7-12,17-18H,4-6,13-16H2,1-3H3;6-11,16-17,32H,3-5,12-15,31H2,1-2H3;7-12,17-18,27H,4-6,13-16H2,1-3H3. The molecule has 6 aromatic carbocycles. The van der Waals surface area contributed by atoms with Gasteiger partial charge in [0.2, 0.25) is 0 Å². The summed E-state index contributed by atoms with van der Waals surface area (Å²) >= 11 is 0. The molecule has 3 unspecified atom stereocenters. The van der Waals surface area contributed by atoms with Crippen LogP contribution in [0, 0.1) is 0 Å². The van der Waals surface area contributed by atoms with Crippen LogP contribution in [0.5, 0.6) is 17.2 Å². The Morgan fingerprint density at radius 3 is 1.04 bits per heavy atom. The van der Waals surface area contributed by atoms with E-state index in [4.69, 9.17) is 20.1 Å². The fourth-order valence-corrected chi connectivity index (χ4v) is 16.8. The van der Waals surface area contributed by atoms with Gasteiger partial charge in [0.1, 0.15) is 34.1 Å². The van der Waals surface area contributed by atoms with Gasteiger partial charge in [0.15, 0.2) is 19.7 Å². The maximum atomic E-state index is 13.1. The zero-order valence-corrected chi connectivity index (χ0v) is 66.2. The zero-order chi connectivity index (χ0) is 81.5. The minimum absolute atomic E-state index is 0.0126. The average Bonchev–Trinajstić information content (AvgIpc) is 1.02. The summed E-state index contributed by atoms with van der Waals surface area (Å²) in [6.07, 6.45) is 2.37. The van der Waals surface area contributed by atoms with Crippen LogP contribution >= 0.6 is 0 Å². The molecule has 6 aliphatic heterocycles. The molecule has 12 rings (SSSR count). The van der Waals surface area contributed by atoms with Gasteiger partial charge in [-0.2, -0.15) is 31.2 Å². The number of sulfone groups is 2. The molecule has 112 heavy (non-hydrogen) atoms. The molecule has 22 nitrogen and oxygen atoms in total. The fourth-order valence-electron chi connectivity index (χ4n) is 14.9. The Balaban J connectivity index is 0.000000179. The van der Waals surface area contributed by atoms with Crippen LogP contribution < -0.4 is 30.2 Å². The molecule has 0 aliphatic carbocycles. The number of nitrogens with two attached hydrogens (primary N) is 1. The van der Waals surface area contributed by atoms with Gasteiger partial charge in [-0.25, -0.2) is 25.3 Å². The first-order valence-corrected chi connectivity index (χ1v) is 42.6. The van der Waals surface area contributed by atoms with Crippen LogP contribution in [0.25, 0.3) is 16.7 Å². The van der Waals surface area contributed by atoms with Gasteiger partial charge in [-0.3, -0.25) is 29.8 Å². The molecule has 0 bridgehead atoms. The second kappa shape index (κ2) is 34.5. The van der Waals surface area contributed by atoms with Crippen LogP contribution in [0.4, 0.5) is 26.3 Å². The monoisotopic (exact) mass is 1610 g/mol. The Labute approximate surface area is 649 Å². The average molecular weight is 1610 g/mol. The van der Waals surface area contributed by atoms with Crippen molar-refractivity contribution in [2.24, 2.45) is 5.84 Å². The van der Waals surface area contributed by atoms with Gasteiger partial charge in [-0.05, 0) is 236 Å². The molecule has 6 heterocycles. The fraction of sp³-hybridized carbons (Fsp3) is 0.420. The number of halogens is 6. The molecule has 5 amide bonds. The van der Waals surface area contributed by atoms with Crippen molar-refractivity contribution >= 4 is 76.0 Å². The minimum atomic E-state index is -4.97. The SMILES string of the molecule is CCN(CC)C(=O)c1ccc(C2=CC3(CCCN(C(=O)C(F)(F)F)CC3)Oc3ccc(S(=O)(=O)NN)cc32)cc1.CCN(CC)C(=O)c1ccc(C2=CC3(CCCN(C(=O)C(F)(F)F)CC3)Oc3ccc(S(C)(=O)=O)cc32)cc1.CCN(CC)C(=O)c1ccc(C2=CC3(CCCNCC3)Oc3ccc(S(C)(=O)=O)cc32)cc1. The van der Waals surface area contributed by atoms with Gasteiger partial charge in [-0.1, -0.05) is 36.4 Å². The quantitative estimate of drug-likeness (QED) is 0.0461. The minimum Gasteiger partial charge on any atom is -0.482 e. The number of benzene rings is 6. The summed E-state index contributed by atoms with van der Waals surface area (Å²) in [5, 5.41) is 3.44. The smallest absolute Gasteiger partial charge is 0.471 e. The van der Waals surface area contributed by atoms with E-state index in [1.165, 1.54) is 36.6 Å². The van der Waals surface area contributed by atoms with Crippen molar-refractivity contribution in [3.8, 4) is 17.2 Å². The van der Waals surface area contributed by atoms with Crippen molar-refractivity contribution in [3.05, 3.63) is 196 Å².